The summed E-state index contributed by atoms with van der Waals surface area (Å²) in [4.78, 5) is 27.7. The van der Waals surface area contributed by atoms with Crippen molar-refractivity contribution in [2.24, 2.45) is 17.8 Å². The van der Waals surface area contributed by atoms with E-state index in [1.807, 2.05) is 25.1 Å². The molecule has 0 radical (unpaired) electrons. The van der Waals surface area contributed by atoms with Crippen LogP contribution in [0.4, 0.5) is 0 Å². The molecule has 0 spiro atoms. The number of hydrogen-bond acceptors (Lipinski definition) is 5. The van der Waals surface area contributed by atoms with Gasteiger partial charge in [0.15, 0.2) is 0 Å². The number of phenolic OH excluding ortho intramolecular Hbond substituents is 1. The molecule has 1 aromatic rings. The number of likely N-dealkylation sites (tertiary alicyclic amines) is 1. The van der Waals surface area contributed by atoms with Gasteiger partial charge in [0.25, 0.3) is 0 Å². The summed E-state index contributed by atoms with van der Waals surface area (Å²) < 4.78 is 6.01. The Morgan fingerprint density at radius 2 is 2.03 bits per heavy atom. The number of benzene rings is 1. The standard InChI is InChI=1S/C26H34BNO5/c1-4-11-28-25(30)20-14-18(5-2)23-21(24(20)26(28)31)15-27(32)33-22(23)10-9-16(3)12-17-7-6-8-19(29)13-17/h6-8,12-13,20-22,24,29,32H,4-5,9-11,14-15H2,1-3H3/b16-12+/t20-,21+,22-,24-/m1/s1. The molecule has 2 fully saturated rings. The lowest BCUT2D eigenvalue weighted by Crippen LogP contribution is -2.46. The van der Waals surface area contributed by atoms with Crippen LogP contribution in [0, 0.1) is 17.8 Å². The average Bonchev–Trinajstić information content (AvgIpc) is 3.01. The summed E-state index contributed by atoms with van der Waals surface area (Å²) in [5.41, 5.74) is 4.45. The molecule has 1 aromatic carbocycles. The average molecular weight is 451 g/mol. The molecule has 2 aliphatic heterocycles. The lowest BCUT2D eigenvalue weighted by atomic mass is 9.58. The van der Waals surface area contributed by atoms with Gasteiger partial charge >= 0.3 is 7.12 Å². The number of allylic oxidation sites excluding steroid dienone is 2. The maximum absolute atomic E-state index is 13.2. The van der Waals surface area contributed by atoms with E-state index in [9.17, 15) is 19.7 Å². The van der Waals surface area contributed by atoms with Crippen molar-refractivity contribution in [1.82, 2.24) is 4.90 Å². The summed E-state index contributed by atoms with van der Waals surface area (Å²) in [6.07, 6.45) is 5.81. The molecule has 0 unspecified atom stereocenters. The number of carbonyl (C=O) groups excluding carboxylic acids is 2. The minimum atomic E-state index is -0.931. The smallest absolute Gasteiger partial charge is 0.455 e. The molecule has 7 heteroatoms. The third kappa shape index (κ3) is 4.66. The van der Waals surface area contributed by atoms with Gasteiger partial charge in [0.1, 0.15) is 5.75 Å². The van der Waals surface area contributed by atoms with Crippen molar-refractivity contribution in [2.75, 3.05) is 6.54 Å². The van der Waals surface area contributed by atoms with Crippen LogP contribution in [0.3, 0.4) is 0 Å². The Balaban J connectivity index is 1.57. The Bertz CT molecular complexity index is 987. The predicted molar refractivity (Wildman–Crippen MR) is 128 cm³/mol. The van der Waals surface area contributed by atoms with E-state index in [0.717, 1.165) is 36.0 Å². The van der Waals surface area contributed by atoms with Gasteiger partial charge in [-0.25, -0.2) is 0 Å². The Kier molecular flexibility index (Phi) is 7.10. The largest absolute Gasteiger partial charge is 0.508 e. The normalized spacial score (nSPS) is 27.8. The number of rotatable bonds is 7. The van der Waals surface area contributed by atoms with Crippen LogP contribution < -0.4 is 0 Å². The van der Waals surface area contributed by atoms with Gasteiger partial charge in [0.2, 0.25) is 11.8 Å². The number of aromatic hydroxyl groups is 1. The van der Waals surface area contributed by atoms with Crippen molar-refractivity contribution in [3.05, 3.63) is 46.5 Å². The highest BCUT2D eigenvalue weighted by molar-refractivity contribution is 6.43. The molecule has 3 aliphatic rings. The van der Waals surface area contributed by atoms with Crippen LogP contribution in [0.15, 0.2) is 41.0 Å². The Morgan fingerprint density at radius 3 is 2.73 bits per heavy atom. The number of fused-ring (bicyclic) bond motifs is 3. The second-order valence-electron chi connectivity index (χ2n) is 9.62. The van der Waals surface area contributed by atoms with Crippen LogP contribution in [-0.4, -0.2) is 46.6 Å². The van der Waals surface area contributed by atoms with E-state index in [4.69, 9.17) is 4.65 Å². The Morgan fingerprint density at radius 1 is 1.24 bits per heavy atom. The fraction of sp³-hybridized carbons (Fsp3) is 0.538. The lowest BCUT2D eigenvalue weighted by molar-refractivity contribution is -0.140. The first-order valence-electron chi connectivity index (χ1n) is 12.2. The minimum Gasteiger partial charge on any atom is -0.508 e. The molecule has 0 bridgehead atoms. The highest BCUT2D eigenvalue weighted by Gasteiger charge is 2.56. The van der Waals surface area contributed by atoms with Crippen molar-refractivity contribution in [3.63, 3.8) is 0 Å². The number of imide groups is 1. The van der Waals surface area contributed by atoms with Crippen molar-refractivity contribution >= 4 is 25.0 Å². The molecule has 2 heterocycles. The first-order valence-corrected chi connectivity index (χ1v) is 12.2. The van der Waals surface area contributed by atoms with E-state index in [1.165, 1.54) is 10.5 Å². The summed E-state index contributed by atoms with van der Waals surface area (Å²) in [6, 6.07) is 7.14. The number of amides is 2. The summed E-state index contributed by atoms with van der Waals surface area (Å²) in [5, 5.41) is 20.3. The SMILES string of the molecule is CCCN1C(=O)[C@@H]2[C@@H](CC(CC)=C3[C@@H](CC/C(C)=C/c4cccc(O)c4)OB(O)C[C@@H]32)C1=O. The summed E-state index contributed by atoms with van der Waals surface area (Å²) >= 11 is 0. The monoisotopic (exact) mass is 451 g/mol. The van der Waals surface area contributed by atoms with Crippen molar-refractivity contribution in [3.8, 4) is 5.75 Å². The van der Waals surface area contributed by atoms with Crippen molar-refractivity contribution in [2.45, 2.75) is 65.3 Å². The zero-order valence-corrected chi connectivity index (χ0v) is 19.8. The lowest BCUT2D eigenvalue weighted by Gasteiger charge is -2.43. The molecule has 33 heavy (non-hydrogen) atoms. The van der Waals surface area contributed by atoms with E-state index in [-0.39, 0.29) is 41.4 Å². The molecule has 1 aliphatic carbocycles. The minimum absolute atomic E-state index is 0.0423. The van der Waals surface area contributed by atoms with Crippen LogP contribution in [0.2, 0.25) is 6.32 Å². The van der Waals surface area contributed by atoms with Gasteiger partial charge in [-0.3, -0.25) is 14.5 Å². The second kappa shape index (κ2) is 9.86. The third-order valence-electron chi connectivity index (χ3n) is 7.36. The summed E-state index contributed by atoms with van der Waals surface area (Å²) in [6.45, 7) is 6.59. The number of hydrogen-bond donors (Lipinski definition) is 2. The van der Waals surface area contributed by atoms with Gasteiger partial charge < -0.3 is 14.8 Å². The van der Waals surface area contributed by atoms with Gasteiger partial charge in [-0.2, -0.15) is 0 Å². The quantitative estimate of drug-likeness (QED) is 0.369. The molecule has 2 amide bonds. The van der Waals surface area contributed by atoms with Crippen LogP contribution >= 0.6 is 0 Å². The van der Waals surface area contributed by atoms with E-state index < -0.39 is 7.12 Å². The maximum Gasteiger partial charge on any atom is 0.455 e. The topological polar surface area (TPSA) is 87.1 Å². The summed E-state index contributed by atoms with van der Waals surface area (Å²) in [5.74, 6) is -0.691. The highest BCUT2D eigenvalue weighted by atomic mass is 16.5. The van der Waals surface area contributed by atoms with Gasteiger partial charge in [-0.15, -0.1) is 0 Å². The highest BCUT2D eigenvalue weighted by Crippen LogP contribution is 2.51. The van der Waals surface area contributed by atoms with Crippen LogP contribution in [0.25, 0.3) is 6.08 Å². The Hall–Kier alpha value is -2.38. The van der Waals surface area contributed by atoms with E-state index >= 15 is 0 Å². The van der Waals surface area contributed by atoms with Gasteiger partial charge in [0, 0.05) is 6.54 Å². The first-order chi connectivity index (χ1) is 15.8. The number of carbonyl (C=O) groups is 2. The molecule has 2 N–H and O–H groups in total. The molecule has 176 valence electrons. The molecule has 0 saturated carbocycles. The zero-order valence-electron chi connectivity index (χ0n) is 19.8. The van der Waals surface area contributed by atoms with E-state index in [2.05, 4.69) is 13.8 Å². The molecule has 4 rings (SSSR count). The molecular weight excluding hydrogens is 417 g/mol. The number of phenols is 1. The van der Waals surface area contributed by atoms with Gasteiger partial charge in [0.05, 0.1) is 17.9 Å². The number of nitrogens with zero attached hydrogens (tertiary/aromatic N) is 1. The Labute approximate surface area is 196 Å². The van der Waals surface area contributed by atoms with Crippen LogP contribution in [0.5, 0.6) is 5.75 Å². The van der Waals surface area contributed by atoms with E-state index in [1.54, 1.807) is 12.1 Å². The predicted octanol–water partition coefficient (Wildman–Crippen LogP) is 4.19. The second-order valence-corrected chi connectivity index (χ2v) is 9.62. The fourth-order valence-electron chi connectivity index (χ4n) is 5.94. The zero-order chi connectivity index (χ0) is 23.7. The molecule has 0 aromatic heterocycles. The molecule has 4 atom stereocenters. The summed E-state index contributed by atoms with van der Waals surface area (Å²) in [7, 11) is -0.931. The van der Waals surface area contributed by atoms with Crippen molar-refractivity contribution < 1.29 is 24.4 Å². The molecule has 2 saturated heterocycles. The van der Waals surface area contributed by atoms with E-state index in [0.29, 0.717) is 25.7 Å². The molecule has 6 nitrogen and oxygen atoms in total. The third-order valence-corrected chi connectivity index (χ3v) is 7.36. The molecular formula is C26H34BNO5. The van der Waals surface area contributed by atoms with Gasteiger partial charge in [-0.1, -0.05) is 43.2 Å². The maximum atomic E-state index is 13.2. The fourth-order valence-corrected chi connectivity index (χ4v) is 5.94. The van der Waals surface area contributed by atoms with Crippen LogP contribution in [0.1, 0.15) is 58.4 Å². The van der Waals surface area contributed by atoms with Crippen molar-refractivity contribution in [1.29, 1.82) is 0 Å². The first kappa shape index (κ1) is 23.8. The van der Waals surface area contributed by atoms with Gasteiger partial charge in [-0.05, 0) is 74.5 Å². The van der Waals surface area contributed by atoms with Crippen LogP contribution in [-0.2, 0) is 14.2 Å².